The maximum atomic E-state index is 12.5. The Kier molecular flexibility index (Phi) is 5.73. The van der Waals surface area contributed by atoms with Crippen LogP contribution < -0.4 is 5.73 Å². The summed E-state index contributed by atoms with van der Waals surface area (Å²) in [7, 11) is -2.25. The van der Waals surface area contributed by atoms with Crippen LogP contribution in [0, 0.1) is 6.92 Å². The summed E-state index contributed by atoms with van der Waals surface area (Å²) in [6.45, 7) is 6.19. The van der Waals surface area contributed by atoms with E-state index < -0.39 is 16.1 Å². The minimum atomic E-state index is -3.70. The van der Waals surface area contributed by atoms with E-state index in [1.165, 1.54) is 11.4 Å². The quantitative estimate of drug-likeness (QED) is 0.333. The summed E-state index contributed by atoms with van der Waals surface area (Å²) < 4.78 is 28.0. The molecule has 21 heavy (non-hydrogen) atoms. The molecule has 1 unspecified atom stereocenters. The van der Waals surface area contributed by atoms with E-state index in [1.807, 2.05) is 11.5 Å². The fourth-order valence-electron chi connectivity index (χ4n) is 1.93. The van der Waals surface area contributed by atoms with Gasteiger partial charge in [-0.15, -0.1) is 0 Å². The predicted octanol–water partition coefficient (Wildman–Crippen LogP) is 0.747. The van der Waals surface area contributed by atoms with Gasteiger partial charge >= 0.3 is 0 Å². The lowest BCUT2D eigenvalue weighted by molar-refractivity contribution is 0.313. The average molecular weight is 317 g/mol. The van der Waals surface area contributed by atoms with Crippen LogP contribution in [0.2, 0.25) is 0 Å². The van der Waals surface area contributed by atoms with E-state index in [4.69, 9.17) is 10.9 Å². The minimum absolute atomic E-state index is 0.0160. The molecule has 1 atom stereocenters. The normalized spacial score (nSPS) is 14.6. The van der Waals surface area contributed by atoms with Crippen molar-refractivity contribution in [3.63, 3.8) is 0 Å². The van der Waals surface area contributed by atoms with E-state index in [1.54, 1.807) is 20.0 Å². The molecule has 0 saturated carbocycles. The van der Waals surface area contributed by atoms with E-state index in [-0.39, 0.29) is 17.3 Å². The maximum Gasteiger partial charge on any atom is 0.262 e. The van der Waals surface area contributed by atoms with Gasteiger partial charge in [0.15, 0.2) is 5.03 Å². The SMILES string of the molecule is CCCn1cc(S(=O)(=O)N(C)C(C)CC(N)=NO)nc1C. The van der Waals surface area contributed by atoms with Gasteiger partial charge in [0, 0.05) is 32.3 Å². The zero-order valence-electron chi connectivity index (χ0n) is 12.8. The summed E-state index contributed by atoms with van der Waals surface area (Å²) in [6, 6.07) is -0.442. The van der Waals surface area contributed by atoms with E-state index >= 15 is 0 Å². The van der Waals surface area contributed by atoms with Crippen molar-refractivity contribution in [2.75, 3.05) is 7.05 Å². The van der Waals surface area contributed by atoms with Crippen LogP contribution >= 0.6 is 0 Å². The first-order chi connectivity index (χ1) is 9.73. The highest BCUT2D eigenvalue weighted by Crippen LogP contribution is 2.17. The Morgan fingerprint density at radius 3 is 2.76 bits per heavy atom. The zero-order chi connectivity index (χ0) is 16.2. The van der Waals surface area contributed by atoms with Gasteiger partial charge < -0.3 is 15.5 Å². The Bertz CT molecular complexity index is 608. The lowest BCUT2D eigenvalue weighted by atomic mass is 10.2. The minimum Gasteiger partial charge on any atom is -0.409 e. The molecular weight excluding hydrogens is 294 g/mol. The second-order valence-electron chi connectivity index (χ2n) is 4.99. The molecule has 0 spiro atoms. The molecule has 1 heterocycles. The molecule has 0 radical (unpaired) electrons. The molecule has 1 aromatic rings. The van der Waals surface area contributed by atoms with Crippen molar-refractivity contribution in [3.8, 4) is 0 Å². The molecule has 1 rings (SSSR count). The monoisotopic (exact) mass is 317 g/mol. The molecule has 120 valence electrons. The van der Waals surface area contributed by atoms with Crippen LogP contribution in [0.1, 0.15) is 32.5 Å². The van der Waals surface area contributed by atoms with Gasteiger partial charge in [-0.3, -0.25) is 0 Å². The highest BCUT2D eigenvalue weighted by Gasteiger charge is 2.28. The molecule has 8 nitrogen and oxygen atoms in total. The van der Waals surface area contributed by atoms with Gasteiger partial charge in [-0.1, -0.05) is 12.1 Å². The van der Waals surface area contributed by atoms with Crippen LogP contribution in [-0.4, -0.2) is 46.4 Å². The van der Waals surface area contributed by atoms with Crippen molar-refractivity contribution in [1.82, 2.24) is 13.9 Å². The molecule has 1 aromatic heterocycles. The van der Waals surface area contributed by atoms with E-state index in [9.17, 15) is 8.42 Å². The molecule has 0 aliphatic rings. The third kappa shape index (κ3) is 3.94. The first-order valence-corrected chi connectivity index (χ1v) is 8.16. The van der Waals surface area contributed by atoms with Gasteiger partial charge in [0.1, 0.15) is 11.7 Å². The van der Waals surface area contributed by atoms with Crippen molar-refractivity contribution < 1.29 is 13.6 Å². The van der Waals surface area contributed by atoms with E-state index in [0.29, 0.717) is 5.82 Å². The first kappa shape index (κ1) is 17.4. The molecule has 0 bridgehead atoms. The summed E-state index contributed by atoms with van der Waals surface area (Å²) in [5, 5.41) is 11.4. The summed E-state index contributed by atoms with van der Waals surface area (Å²) in [6.07, 6.45) is 2.58. The lowest BCUT2D eigenvalue weighted by Gasteiger charge is -2.22. The Hall–Kier alpha value is -1.61. The number of hydrogen-bond donors (Lipinski definition) is 2. The number of amidine groups is 1. The number of sulfonamides is 1. The van der Waals surface area contributed by atoms with Crippen LogP contribution in [0.4, 0.5) is 0 Å². The Labute approximate surface area is 125 Å². The van der Waals surface area contributed by atoms with Crippen LogP contribution in [0.5, 0.6) is 0 Å². The summed E-state index contributed by atoms with van der Waals surface area (Å²) in [5.41, 5.74) is 5.42. The van der Waals surface area contributed by atoms with Gasteiger partial charge in [-0.05, 0) is 20.3 Å². The molecule has 0 aliphatic heterocycles. The lowest BCUT2D eigenvalue weighted by Crippen LogP contribution is -2.38. The predicted molar refractivity (Wildman–Crippen MR) is 79.7 cm³/mol. The Balaban J connectivity index is 3.01. The van der Waals surface area contributed by atoms with Crippen molar-refractivity contribution >= 4 is 15.9 Å². The molecule has 0 fully saturated rings. The standard InChI is InChI=1S/C12H23N5O3S/c1-5-6-17-8-12(14-10(17)3)21(19,20)16(4)9(2)7-11(13)15-18/h8-9,18H,5-7H2,1-4H3,(H2,13,15). The van der Waals surface area contributed by atoms with Gasteiger partial charge in [0.25, 0.3) is 10.0 Å². The first-order valence-electron chi connectivity index (χ1n) is 6.72. The highest BCUT2D eigenvalue weighted by atomic mass is 32.2. The fourth-order valence-corrected chi connectivity index (χ4v) is 3.28. The Morgan fingerprint density at radius 2 is 2.24 bits per heavy atom. The molecule has 0 aliphatic carbocycles. The van der Waals surface area contributed by atoms with Gasteiger partial charge in [-0.2, -0.15) is 4.31 Å². The van der Waals surface area contributed by atoms with Gasteiger partial charge in [-0.25, -0.2) is 13.4 Å². The van der Waals surface area contributed by atoms with Gasteiger partial charge in [0.2, 0.25) is 0 Å². The fraction of sp³-hybridized carbons (Fsp3) is 0.667. The van der Waals surface area contributed by atoms with Crippen molar-refractivity contribution in [3.05, 3.63) is 12.0 Å². The molecular formula is C12H23N5O3S. The average Bonchev–Trinajstić information content (AvgIpc) is 2.80. The summed E-state index contributed by atoms with van der Waals surface area (Å²) in [5.74, 6) is 0.644. The maximum absolute atomic E-state index is 12.5. The Morgan fingerprint density at radius 1 is 1.62 bits per heavy atom. The molecule has 0 amide bonds. The third-order valence-corrected chi connectivity index (χ3v) is 5.16. The van der Waals surface area contributed by atoms with Crippen LogP contribution in [0.15, 0.2) is 16.4 Å². The van der Waals surface area contributed by atoms with E-state index in [0.717, 1.165) is 13.0 Å². The number of oxime groups is 1. The number of rotatable bonds is 7. The van der Waals surface area contributed by atoms with Gasteiger partial charge in [0.05, 0.1) is 0 Å². The number of hydrogen-bond acceptors (Lipinski definition) is 5. The largest absolute Gasteiger partial charge is 0.409 e. The topological polar surface area (TPSA) is 114 Å². The van der Waals surface area contributed by atoms with Crippen LogP contribution in [0.3, 0.4) is 0 Å². The molecule has 3 N–H and O–H groups in total. The molecule has 9 heteroatoms. The number of nitrogens with zero attached hydrogens (tertiary/aromatic N) is 4. The van der Waals surface area contributed by atoms with E-state index in [2.05, 4.69) is 10.1 Å². The number of aryl methyl sites for hydroxylation is 2. The van der Waals surface area contributed by atoms with Crippen molar-refractivity contribution in [1.29, 1.82) is 0 Å². The van der Waals surface area contributed by atoms with Crippen LogP contribution in [0.25, 0.3) is 0 Å². The zero-order valence-corrected chi connectivity index (χ0v) is 13.6. The third-order valence-electron chi connectivity index (χ3n) is 3.32. The summed E-state index contributed by atoms with van der Waals surface area (Å²) >= 11 is 0. The van der Waals surface area contributed by atoms with Crippen molar-refractivity contribution in [2.45, 2.75) is 51.2 Å². The smallest absolute Gasteiger partial charge is 0.262 e. The number of nitrogens with two attached hydrogens (primary N) is 1. The second-order valence-corrected chi connectivity index (χ2v) is 6.93. The molecule has 0 aromatic carbocycles. The number of aromatic nitrogens is 2. The van der Waals surface area contributed by atoms with Crippen LogP contribution in [-0.2, 0) is 16.6 Å². The van der Waals surface area contributed by atoms with Crippen molar-refractivity contribution in [2.24, 2.45) is 10.9 Å². The molecule has 0 saturated heterocycles. The highest BCUT2D eigenvalue weighted by molar-refractivity contribution is 7.89. The number of imidazole rings is 1. The summed E-state index contributed by atoms with van der Waals surface area (Å²) in [4.78, 5) is 4.13. The second kappa shape index (κ2) is 6.90.